The van der Waals surface area contributed by atoms with Crippen molar-refractivity contribution in [3.8, 4) is 0 Å². The Labute approximate surface area is 117 Å². The number of hydrogen-bond donors (Lipinski definition) is 2. The number of amidine groups is 1. The smallest absolute Gasteiger partial charge is 0.289 e. The minimum absolute atomic E-state index is 0.0321. The highest BCUT2D eigenvalue weighted by molar-refractivity contribution is 9.10. The first kappa shape index (κ1) is 13.3. The molecular formula is C12H11BrN2O2S. The lowest BCUT2D eigenvalue weighted by Crippen LogP contribution is -2.19. The van der Waals surface area contributed by atoms with Gasteiger partial charge in [-0.05, 0) is 35.5 Å². The molecule has 2 N–H and O–H groups in total. The van der Waals surface area contributed by atoms with Gasteiger partial charge in [-0.1, -0.05) is 28.1 Å². The monoisotopic (exact) mass is 326 g/mol. The Hall–Kier alpha value is -1.11. The molecule has 1 saturated heterocycles. The van der Waals surface area contributed by atoms with Crippen molar-refractivity contribution in [2.45, 2.75) is 0 Å². The third-order valence-electron chi connectivity index (χ3n) is 2.19. The van der Waals surface area contributed by atoms with Gasteiger partial charge in [0.1, 0.15) is 5.84 Å². The van der Waals surface area contributed by atoms with Crippen LogP contribution in [0.1, 0.15) is 5.56 Å². The number of rotatable bonds is 3. The Morgan fingerprint density at radius 2 is 2.11 bits per heavy atom. The van der Waals surface area contributed by atoms with Crippen LogP contribution in [0, 0.1) is 0 Å². The number of nitrogens with one attached hydrogen (secondary N) is 1. The molecule has 2 rings (SSSR count). The van der Waals surface area contributed by atoms with E-state index in [9.17, 15) is 4.79 Å². The Morgan fingerprint density at radius 1 is 1.39 bits per heavy atom. The lowest BCUT2D eigenvalue weighted by atomic mass is 10.2. The van der Waals surface area contributed by atoms with Crippen molar-refractivity contribution in [2.24, 2.45) is 4.99 Å². The van der Waals surface area contributed by atoms with Gasteiger partial charge in [0.2, 0.25) is 0 Å². The molecule has 1 heterocycles. The number of benzene rings is 1. The fourth-order valence-corrected chi connectivity index (χ4v) is 2.44. The lowest BCUT2D eigenvalue weighted by Gasteiger charge is -1.99. The highest BCUT2D eigenvalue weighted by Crippen LogP contribution is 2.26. The summed E-state index contributed by atoms with van der Waals surface area (Å²) in [4.78, 5) is 16.2. The molecular weight excluding hydrogens is 316 g/mol. The Balaban J connectivity index is 2.24. The molecule has 0 atom stereocenters. The number of aliphatic imine (C=N–C) groups is 1. The van der Waals surface area contributed by atoms with Crippen molar-refractivity contribution in [3.05, 3.63) is 39.2 Å². The zero-order valence-electron chi connectivity index (χ0n) is 9.39. The van der Waals surface area contributed by atoms with Crippen molar-refractivity contribution < 1.29 is 9.90 Å². The van der Waals surface area contributed by atoms with Crippen LogP contribution in [0.25, 0.3) is 6.08 Å². The van der Waals surface area contributed by atoms with E-state index in [1.165, 1.54) is 0 Å². The maximum absolute atomic E-state index is 11.3. The third-order valence-corrected chi connectivity index (χ3v) is 3.54. The van der Waals surface area contributed by atoms with Crippen LogP contribution in [-0.4, -0.2) is 29.3 Å². The summed E-state index contributed by atoms with van der Waals surface area (Å²) in [5.41, 5.74) is 0.994. The fraction of sp³-hybridized carbons (Fsp3) is 0.167. The van der Waals surface area contributed by atoms with E-state index < -0.39 is 0 Å². The standard InChI is InChI=1S/C12H11BrN2O2S/c13-9-3-1-8(2-4-9)7-10-11(14-5-6-16)15-12(17)18-10/h1-4,7,16H,5-6H2,(H,14,15,17)/b10-7+. The van der Waals surface area contributed by atoms with Gasteiger partial charge in [-0.15, -0.1) is 0 Å². The molecule has 18 heavy (non-hydrogen) atoms. The van der Waals surface area contributed by atoms with Gasteiger partial charge in [0.15, 0.2) is 0 Å². The minimum Gasteiger partial charge on any atom is -0.394 e. The zero-order chi connectivity index (χ0) is 13.0. The molecule has 0 aromatic heterocycles. The topological polar surface area (TPSA) is 61.7 Å². The van der Waals surface area contributed by atoms with Gasteiger partial charge in [0, 0.05) is 4.47 Å². The second kappa shape index (κ2) is 6.17. The predicted octanol–water partition coefficient (Wildman–Crippen LogP) is 2.64. The first-order valence-corrected chi connectivity index (χ1v) is 6.92. The van der Waals surface area contributed by atoms with Crippen LogP contribution in [0.5, 0.6) is 0 Å². The van der Waals surface area contributed by atoms with E-state index in [1.807, 2.05) is 30.3 Å². The molecule has 0 unspecified atom stereocenters. The summed E-state index contributed by atoms with van der Waals surface area (Å²) in [5, 5.41) is 11.3. The van der Waals surface area contributed by atoms with E-state index in [0.717, 1.165) is 26.7 Å². The van der Waals surface area contributed by atoms with Gasteiger partial charge in [0.05, 0.1) is 18.1 Å². The normalized spacial score (nSPS) is 19.6. The predicted molar refractivity (Wildman–Crippen MR) is 77.6 cm³/mol. The van der Waals surface area contributed by atoms with Crippen LogP contribution >= 0.6 is 27.7 Å². The summed E-state index contributed by atoms with van der Waals surface area (Å²) < 4.78 is 1.01. The van der Waals surface area contributed by atoms with Crippen molar-refractivity contribution >= 4 is 44.8 Å². The van der Waals surface area contributed by atoms with Crippen LogP contribution in [0.4, 0.5) is 4.79 Å². The van der Waals surface area contributed by atoms with Crippen molar-refractivity contribution in [1.29, 1.82) is 0 Å². The summed E-state index contributed by atoms with van der Waals surface area (Å²) in [6.07, 6.45) is 1.89. The van der Waals surface area contributed by atoms with Gasteiger partial charge in [-0.25, -0.2) is 0 Å². The maximum atomic E-state index is 11.3. The third kappa shape index (κ3) is 3.44. The first-order chi connectivity index (χ1) is 8.69. The summed E-state index contributed by atoms with van der Waals surface area (Å²) in [7, 11) is 0. The van der Waals surface area contributed by atoms with E-state index in [0.29, 0.717) is 5.84 Å². The molecule has 0 radical (unpaired) electrons. The zero-order valence-corrected chi connectivity index (χ0v) is 11.8. The maximum Gasteiger partial charge on any atom is 0.289 e. The van der Waals surface area contributed by atoms with E-state index >= 15 is 0 Å². The second-order valence-corrected chi connectivity index (χ2v) is 5.46. The average molecular weight is 327 g/mol. The summed E-state index contributed by atoms with van der Waals surface area (Å²) >= 11 is 4.48. The number of hydrogen-bond acceptors (Lipinski definition) is 4. The largest absolute Gasteiger partial charge is 0.394 e. The fourth-order valence-electron chi connectivity index (χ4n) is 1.42. The molecule has 0 saturated carbocycles. The molecule has 6 heteroatoms. The Morgan fingerprint density at radius 3 is 2.78 bits per heavy atom. The van der Waals surface area contributed by atoms with Gasteiger partial charge in [-0.3, -0.25) is 9.79 Å². The van der Waals surface area contributed by atoms with Crippen LogP contribution in [0.2, 0.25) is 0 Å². The van der Waals surface area contributed by atoms with Crippen molar-refractivity contribution in [2.75, 3.05) is 13.2 Å². The number of carbonyl (C=O) groups excluding carboxylic acids is 1. The number of amides is 1. The molecule has 1 aromatic rings. The van der Waals surface area contributed by atoms with Gasteiger partial charge >= 0.3 is 0 Å². The SMILES string of the molecule is O=C1NC(=NCCO)/C(=C\c2ccc(Br)cc2)S1. The molecule has 1 aliphatic rings. The minimum atomic E-state index is -0.143. The van der Waals surface area contributed by atoms with E-state index in [-0.39, 0.29) is 18.4 Å². The lowest BCUT2D eigenvalue weighted by molar-refractivity contribution is 0.264. The molecule has 1 amide bonds. The molecule has 1 aromatic carbocycles. The van der Waals surface area contributed by atoms with Crippen LogP contribution < -0.4 is 5.32 Å². The van der Waals surface area contributed by atoms with Crippen LogP contribution in [-0.2, 0) is 0 Å². The molecule has 94 valence electrons. The van der Waals surface area contributed by atoms with Crippen molar-refractivity contribution in [3.63, 3.8) is 0 Å². The van der Waals surface area contributed by atoms with E-state index in [2.05, 4.69) is 26.2 Å². The van der Waals surface area contributed by atoms with Gasteiger partial charge in [-0.2, -0.15) is 0 Å². The van der Waals surface area contributed by atoms with E-state index in [1.54, 1.807) is 0 Å². The number of aliphatic hydroxyl groups excluding tert-OH is 1. The highest BCUT2D eigenvalue weighted by atomic mass is 79.9. The molecule has 0 bridgehead atoms. The molecule has 0 aliphatic carbocycles. The molecule has 0 spiro atoms. The number of aliphatic hydroxyl groups is 1. The van der Waals surface area contributed by atoms with E-state index in [4.69, 9.17) is 5.11 Å². The highest BCUT2D eigenvalue weighted by Gasteiger charge is 2.22. The molecule has 1 fully saturated rings. The Kier molecular flexibility index (Phi) is 4.57. The molecule has 4 nitrogen and oxygen atoms in total. The summed E-state index contributed by atoms with van der Waals surface area (Å²) in [6.45, 7) is 0.253. The number of nitrogens with zero attached hydrogens (tertiary/aromatic N) is 1. The number of thioether (sulfide) groups is 1. The quantitative estimate of drug-likeness (QED) is 0.897. The average Bonchev–Trinajstić information content (AvgIpc) is 2.70. The second-order valence-electron chi connectivity index (χ2n) is 3.53. The number of halogens is 1. The van der Waals surface area contributed by atoms with Gasteiger partial charge < -0.3 is 10.4 Å². The van der Waals surface area contributed by atoms with Gasteiger partial charge in [0.25, 0.3) is 5.24 Å². The Bertz CT molecular complexity index is 511. The summed E-state index contributed by atoms with van der Waals surface area (Å²) in [6, 6.07) is 7.77. The van der Waals surface area contributed by atoms with Crippen LogP contribution in [0.15, 0.2) is 38.6 Å². The van der Waals surface area contributed by atoms with Crippen molar-refractivity contribution in [1.82, 2.24) is 5.32 Å². The summed E-state index contributed by atoms with van der Waals surface area (Å²) in [5.74, 6) is 0.530. The first-order valence-electron chi connectivity index (χ1n) is 5.31. The van der Waals surface area contributed by atoms with Crippen LogP contribution in [0.3, 0.4) is 0 Å². The number of carbonyl (C=O) groups is 1. The molecule has 1 aliphatic heterocycles.